The number of rotatable bonds is 7. The molecular weight excluding hydrogens is 426 g/mol. The van der Waals surface area contributed by atoms with Gasteiger partial charge in [0.2, 0.25) is 0 Å². The van der Waals surface area contributed by atoms with Gasteiger partial charge in [-0.2, -0.15) is 0 Å². The van der Waals surface area contributed by atoms with E-state index in [4.69, 9.17) is 11.6 Å². The van der Waals surface area contributed by atoms with Crippen LogP contribution in [0.1, 0.15) is 45.7 Å². The smallest absolute Gasteiger partial charge is 0.253 e. The fourth-order valence-corrected chi connectivity index (χ4v) is 4.71. The zero-order valence-electron chi connectivity index (χ0n) is 16.2. The van der Waals surface area contributed by atoms with Crippen LogP contribution in [0.2, 0.25) is 5.02 Å². The van der Waals surface area contributed by atoms with Crippen LogP contribution in [0.4, 0.5) is 0 Å². The van der Waals surface area contributed by atoms with Gasteiger partial charge in [-0.15, -0.1) is 11.3 Å². The molecule has 7 heteroatoms. The number of hydrogen-bond donors (Lipinski definition) is 1. The van der Waals surface area contributed by atoms with E-state index in [0.717, 1.165) is 29.5 Å². The number of carbonyl (C=O) groups excluding carboxylic acids is 1. The Balaban J connectivity index is 1.94. The predicted molar refractivity (Wildman–Crippen MR) is 119 cm³/mol. The maximum atomic E-state index is 13.0. The molecule has 1 unspecified atom stereocenters. The first-order valence-corrected chi connectivity index (χ1v) is 12.4. The Morgan fingerprint density at radius 2 is 1.86 bits per heavy atom. The SMILES string of the molecule is CCCc1ccc(C(NC(=O)c2cc(S(C)(=O)=O)ccc2Cl)c2cccs2)cc1. The van der Waals surface area contributed by atoms with Crippen molar-refractivity contribution in [2.24, 2.45) is 0 Å². The zero-order chi connectivity index (χ0) is 21.0. The Hall–Kier alpha value is -2.15. The number of thiophene rings is 1. The van der Waals surface area contributed by atoms with Crippen LogP contribution >= 0.6 is 22.9 Å². The number of carbonyl (C=O) groups is 1. The summed E-state index contributed by atoms with van der Waals surface area (Å²) in [4.78, 5) is 14.0. The highest BCUT2D eigenvalue weighted by Crippen LogP contribution is 2.28. The molecule has 0 saturated heterocycles. The van der Waals surface area contributed by atoms with Crippen molar-refractivity contribution in [3.8, 4) is 0 Å². The van der Waals surface area contributed by atoms with Gasteiger partial charge in [0.05, 0.1) is 21.5 Å². The van der Waals surface area contributed by atoms with Crippen LogP contribution in [-0.4, -0.2) is 20.6 Å². The molecule has 3 rings (SSSR count). The fourth-order valence-electron chi connectivity index (χ4n) is 3.06. The quantitative estimate of drug-likeness (QED) is 0.536. The highest BCUT2D eigenvalue weighted by molar-refractivity contribution is 7.90. The second-order valence-electron chi connectivity index (χ2n) is 6.83. The third-order valence-corrected chi connectivity index (χ3v) is 6.94. The first-order chi connectivity index (χ1) is 13.8. The summed E-state index contributed by atoms with van der Waals surface area (Å²) in [5.41, 5.74) is 2.34. The van der Waals surface area contributed by atoms with E-state index in [0.29, 0.717) is 0 Å². The van der Waals surface area contributed by atoms with E-state index >= 15 is 0 Å². The molecule has 0 aliphatic heterocycles. The van der Waals surface area contributed by atoms with Crippen molar-refractivity contribution >= 4 is 38.7 Å². The van der Waals surface area contributed by atoms with Crippen LogP contribution in [0.15, 0.2) is 64.9 Å². The molecule has 4 nitrogen and oxygen atoms in total. The number of aryl methyl sites for hydroxylation is 1. The van der Waals surface area contributed by atoms with Gasteiger partial charge in [-0.3, -0.25) is 4.79 Å². The third kappa shape index (κ3) is 5.26. The van der Waals surface area contributed by atoms with E-state index in [2.05, 4.69) is 24.4 Å². The maximum absolute atomic E-state index is 13.0. The van der Waals surface area contributed by atoms with Gasteiger partial charge in [-0.05, 0) is 47.2 Å². The van der Waals surface area contributed by atoms with Crippen LogP contribution in [0.3, 0.4) is 0 Å². The molecule has 152 valence electrons. The monoisotopic (exact) mass is 447 g/mol. The van der Waals surface area contributed by atoms with E-state index in [9.17, 15) is 13.2 Å². The van der Waals surface area contributed by atoms with Gasteiger partial charge in [0.1, 0.15) is 0 Å². The number of halogens is 1. The molecule has 1 aromatic heterocycles. The van der Waals surface area contributed by atoms with Gasteiger partial charge in [-0.25, -0.2) is 8.42 Å². The molecule has 3 aromatic rings. The third-order valence-electron chi connectivity index (χ3n) is 4.57. The largest absolute Gasteiger partial charge is 0.340 e. The highest BCUT2D eigenvalue weighted by Gasteiger charge is 2.21. The summed E-state index contributed by atoms with van der Waals surface area (Å²) in [5.74, 6) is -0.420. The van der Waals surface area contributed by atoms with Crippen LogP contribution in [0.5, 0.6) is 0 Å². The Kier molecular flexibility index (Phi) is 6.77. The lowest BCUT2D eigenvalue weighted by molar-refractivity contribution is 0.0943. The molecule has 0 aliphatic rings. The Bertz CT molecular complexity index is 1090. The average Bonchev–Trinajstić information content (AvgIpc) is 3.21. The van der Waals surface area contributed by atoms with Crippen molar-refractivity contribution in [2.75, 3.05) is 6.26 Å². The number of sulfone groups is 1. The normalized spacial score (nSPS) is 12.5. The second kappa shape index (κ2) is 9.11. The van der Waals surface area contributed by atoms with Gasteiger partial charge in [-0.1, -0.05) is 55.3 Å². The highest BCUT2D eigenvalue weighted by atomic mass is 35.5. The van der Waals surface area contributed by atoms with E-state index < -0.39 is 15.7 Å². The van der Waals surface area contributed by atoms with E-state index in [1.807, 2.05) is 29.6 Å². The number of hydrogen-bond acceptors (Lipinski definition) is 4. The molecule has 2 aromatic carbocycles. The lowest BCUT2D eigenvalue weighted by atomic mass is 10.0. The number of benzene rings is 2. The van der Waals surface area contributed by atoms with Crippen molar-refractivity contribution in [3.05, 3.63) is 86.6 Å². The molecule has 0 aliphatic carbocycles. The molecule has 0 radical (unpaired) electrons. The molecule has 1 atom stereocenters. The van der Waals surface area contributed by atoms with Gasteiger partial charge in [0, 0.05) is 11.1 Å². The minimum absolute atomic E-state index is 0.0589. The van der Waals surface area contributed by atoms with Crippen molar-refractivity contribution in [1.82, 2.24) is 5.32 Å². The predicted octanol–water partition coefficient (Wildman–Crippen LogP) is 5.28. The Morgan fingerprint density at radius 3 is 2.45 bits per heavy atom. The minimum Gasteiger partial charge on any atom is -0.340 e. The van der Waals surface area contributed by atoms with Crippen molar-refractivity contribution in [1.29, 1.82) is 0 Å². The van der Waals surface area contributed by atoms with Gasteiger partial charge in [0.25, 0.3) is 5.91 Å². The number of nitrogens with one attached hydrogen (secondary N) is 1. The molecule has 0 bridgehead atoms. The molecule has 1 N–H and O–H groups in total. The summed E-state index contributed by atoms with van der Waals surface area (Å²) in [5, 5.41) is 5.18. The Morgan fingerprint density at radius 1 is 1.14 bits per heavy atom. The van der Waals surface area contributed by atoms with Gasteiger partial charge in [0.15, 0.2) is 9.84 Å². The second-order valence-corrected chi connectivity index (χ2v) is 10.2. The summed E-state index contributed by atoms with van der Waals surface area (Å²) in [6.45, 7) is 2.14. The molecule has 0 fully saturated rings. The maximum Gasteiger partial charge on any atom is 0.253 e. The Labute approximate surface area is 180 Å². The summed E-state index contributed by atoms with van der Waals surface area (Å²) in [7, 11) is -3.45. The molecule has 29 heavy (non-hydrogen) atoms. The minimum atomic E-state index is -3.45. The van der Waals surface area contributed by atoms with E-state index in [1.54, 1.807) is 11.3 Å². The molecular formula is C22H22ClNO3S2. The van der Waals surface area contributed by atoms with E-state index in [-0.39, 0.29) is 21.5 Å². The number of amides is 1. The lowest BCUT2D eigenvalue weighted by Gasteiger charge is -2.19. The van der Waals surface area contributed by atoms with Gasteiger partial charge < -0.3 is 5.32 Å². The van der Waals surface area contributed by atoms with Crippen LogP contribution in [-0.2, 0) is 16.3 Å². The molecule has 0 saturated carbocycles. The standard InChI is InChI=1S/C22H22ClNO3S2/c1-3-5-15-7-9-16(10-8-15)21(20-6-4-13-28-20)24-22(25)18-14-17(29(2,26)27)11-12-19(18)23/h4,6-14,21H,3,5H2,1-2H3,(H,24,25). The first kappa shape index (κ1) is 21.6. The van der Waals surface area contributed by atoms with Gasteiger partial charge >= 0.3 is 0 Å². The van der Waals surface area contributed by atoms with E-state index in [1.165, 1.54) is 23.8 Å². The fraction of sp³-hybridized carbons (Fsp3) is 0.227. The van der Waals surface area contributed by atoms with Crippen LogP contribution in [0, 0.1) is 0 Å². The first-order valence-electron chi connectivity index (χ1n) is 9.22. The summed E-state index contributed by atoms with van der Waals surface area (Å²) in [6.07, 6.45) is 3.17. The topological polar surface area (TPSA) is 63.2 Å². The summed E-state index contributed by atoms with van der Waals surface area (Å²) in [6, 6.07) is 15.9. The van der Waals surface area contributed by atoms with Crippen molar-refractivity contribution in [3.63, 3.8) is 0 Å². The zero-order valence-corrected chi connectivity index (χ0v) is 18.6. The molecule has 1 amide bonds. The molecule has 1 heterocycles. The van der Waals surface area contributed by atoms with Crippen molar-refractivity contribution in [2.45, 2.75) is 30.7 Å². The summed E-state index contributed by atoms with van der Waals surface area (Å²) >= 11 is 7.74. The van der Waals surface area contributed by atoms with Crippen LogP contribution < -0.4 is 5.32 Å². The molecule has 0 spiro atoms. The van der Waals surface area contributed by atoms with Crippen LogP contribution in [0.25, 0.3) is 0 Å². The average molecular weight is 448 g/mol. The summed E-state index contributed by atoms with van der Waals surface area (Å²) < 4.78 is 23.7. The lowest BCUT2D eigenvalue weighted by Crippen LogP contribution is -2.29. The van der Waals surface area contributed by atoms with Crippen molar-refractivity contribution < 1.29 is 13.2 Å².